The highest BCUT2D eigenvalue weighted by Crippen LogP contribution is 2.35. The van der Waals surface area contributed by atoms with Crippen LogP contribution in [0.3, 0.4) is 0 Å². The van der Waals surface area contributed by atoms with Gasteiger partial charge in [-0.3, -0.25) is 14.3 Å². The molecule has 2 saturated heterocycles. The number of hydrogen-bond donors (Lipinski definition) is 5. The van der Waals surface area contributed by atoms with Crippen LogP contribution in [0.4, 0.5) is 4.39 Å². The van der Waals surface area contributed by atoms with Crippen molar-refractivity contribution in [2.45, 2.75) is 55.9 Å². The average Bonchev–Trinajstić information content (AvgIpc) is 3.13. The van der Waals surface area contributed by atoms with E-state index in [0.717, 1.165) is 10.8 Å². The number of aliphatic hydroxyl groups is 4. The van der Waals surface area contributed by atoms with Crippen LogP contribution in [0.5, 0.6) is 0 Å². The first-order valence-electron chi connectivity index (χ1n) is 8.83. The smallest absolute Gasteiger partial charge is 0.330 e. The standard InChI is InChI=1S/C16H23FN2O9/c1-2-26-13-11(23)8(5-21)27-12(13)6-3-19(16(25)18-14(6)24)15-9(17)10(22)7(4-20)28-15/h3,7-13,15,20-23H,2,4-5H2,1H3,(H,18,24,25)/t7-,8-,9?,10-,11-,12?,13+,15-/m1/s1. The van der Waals surface area contributed by atoms with Crippen LogP contribution < -0.4 is 11.2 Å². The summed E-state index contributed by atoms with van der Waals surface area (Å²) in [5.41, 5.74) is -1.97. The lowest BCUT2D eigenvalue weighted by Crippen LogP contribution is -2.40. The molecule has 0 aliphatic carbocycles. The first-order chi connectivity index (χ1) is 13.3. The minimum atomic E-state index is -2.03. The molecule has 3 heterocycles. The van der Waals surface area contributed by atoms with Gasteiger partial charge < -0.3 is 34.6 Å². The van der Waals surface area contributed by atoms with E-state index in [0.29, 0.717) is 0 Å². The number of ether oxygens (including phenoxy) is 3. The van der Waals surface area contributed by atoms with Crippen LogP contribution in [-0.2, 0) is 14.2 Å². The number of aromatic amines is 1. The zero-order valence-corrected chi connectivity index (χ0v) is 15.0. The largest absolute Gasteiger partial charge is 0.394 e. The van der Waals surface area contributed by atoms with E-state index in [9.17, 15) is 29.3 Å². The van der Waals surface area contributed by atoms with Crippen LogP contribution in [0.1, 0.15) is 24.8 Å². The Morgan fingerprint density at radius 1 is 1.18 bits per heavy atom. The van der Waals surface area contributed by atoms with Crippen molar-refractivity contribution >= 4 is 0 Å². The molecule has 28 heavy (non-hydrogen) atoms. The molecule has 8 atom stereocenters. The summed E-state index contributed by atoms with van der Waals surface area (Å²) in [5, 5.41) is 38.5. The number of rotatable bonds is 6. The van der Waals surface area contributed by atoms with Crippen molar-refractivity contribution in [3.05, 3.63) is 32.6 Å². The third-order valence-corrected chi connectivity index (χ3v) is 4.93. The maximum atomic E-state index is 14.4. The molecule has 0 aromatic carbocycles. The number of aromatic nitrogens is 2. The predicted octanol–water partition coefficient (Wildman–Crippen LogP) is -2.68. The number of halogens is 1. The monoisotopic (exact) mass is 406 g/mol. The lowest BCUT2D eigenvalue weighted by molar-refractivity contribution is -0.0511. The first-order valence-corrected chi connectivity index (χ1v) is 8.83. The fourth-order valence-electron chi connectivity index (χ4n) is 3.49. The van der Waals surface area contributed by atoms with E-state index < -0.39 is 73.5 Å². The van der Waals surface area contributed by atoms with E-state index in [2.05, 4.69) is 0 Å². The molecule has 0 radical (unpaired) electrons. The summed E-state index contributed by atoms with van der Waals surface area (Å²) >= 11 is 0. The second-order valence-corrected chi connectivity index (χ2v) is 6.62. The van der Waals surface area contributed by atoms with Gasteiger partial charge in [0.15, 0.2) is 12.4 Å². The topological polar surface area (TPSA) is 163 Å². The molecule has 1 aromatic heterocycles. The maximum absolute atomic E-state index is 14.4. The maximum Gasteiger partial charge on any atom is 0.330 e. The van der Waals surface area contributed by atoms with Gasteiger partial charge in [0.2, 0.25) is 0 Å². The molecular weight excluding hydrogens is 383 g/mol. The number of H-pyrrole nitrogens is 1. The summed E-state index contributed by atoms with van der Waals surface area (Å²) in [6, 6.07) is 0. The van der Waals surface area contributed by atoms with Gasteiger partial charge in [0.1, 0.15) is 36.6 Å². The van der Waals surface area contributed by atoms with Gasteiger partial charge >= 0.3 is 5.69 Å². The van der Waals surface area contributed by atoms with Gasteiger partial charge in [-0.1, -0.05) is 0 Å². The van der Waals surface area contributed by atoms with Crippen LogP contribution in [-0.4, -0.2) is 86.5 Å². The van der Waals surface area contributed by atoms with E-state index in [1.807, 2.05) is 4.98 Å². The summed E-state index contributed by atoms with van der Waals surface area (Å²) in [5.74, 6) is 0. The normalized spacial score (nSPS) is 38.2. The van der Waals surface area contributed by atoms with Gasteiger partial charge in [-0.05, 0) is 6.92 Å². The Kier molecular flexibility index (Phi) is 6.29. The van der Waals surface area contributed by atoms with E-state index in [-0.39, 0.29) is 12.2 Å². The van der Waals surface area contributed by atoms with Crippen LogP contribution in [0, 0.1) is 0 Å². The molecule has 2 aliphatic rings. The molecule has 0 spiro atoms. The van der Waals surface area contributed by atoms with Crippen molar-refractivity contribution in [2.24, 2.45) is 0 Å². The quantitative estimate of drug-likeness (QED) is 0.339. The Bertz CT molecular complexity index is 799. The lowest BCUT2D eigenvalue weighted by Gasteiger charge is -2.22. The molecule has 3 rings (SSSR count). The van der Waals surface area contributed by atoms with E-state index in [1.54, 1.807) is 6.92 Å². The zero-order valence-electron chi connectivity index (χ0n) is 15.0. The first kappa shape index (κ1) is 21.0. The SMILES string of the molecule is CCO[C@@H]1C(c2cn([C@@H]3O[C@H](CO)[C@@H](O)C3F)c(=O)[nH]c2=O)O[C@H](CO)[C@H]1O. The fraction of sp³-hybridized carbons (Fsp3) is 0.750. The highest BCUT2D eigenvalue weighted by atomic mass is 19.1. The highest BCUT2D eigenvalue weighted by molar-refractivity contribution is 5.15. The number of nitrogens with one attached hydrogen (secondary N) is 1. The molecule has 2 aliphatic heterocycles. The van der Waals surface area contributed by atoms with Crippen molar-refractivity contribution in [1.82, 2.24) is 9.55 Å². The number of hydrogen-bond acceptors (Lipinski definition) is 9. The highest BCUT2D eigenvalue weighted by Gasteiger charge is 2.48. The summed E-state index contributed by atoms with van der Waals surface area (Å²) in [7, 11) is 0. The molecule has 12 heteroatoms. The van der Waals surface area contributed by atoms with Crippen molar-refractivity contribution in [3.8, 4) is 0 Å². The molecule has 2 fully saturated rings. The van der Waals surface area contributed by atoms with Gasteiger partial charge in [-0.15, -0.1) is 0 Å². The molecule has 5 N–H and O–H groups in total. The van der Waals surface area contributed by atoms with Gasteiger partial charge in [0, 0.05) is 12.8 Å². The van der Waals surface area contributed by atoms with Crippen LogP contribution in [0.2, 0.25) is 0 Å². The lowest BCUT2D eigenvalue weighted by atomic mass is 10.0. The van der Waals surface area contributed by atoms with E-state index in [1.165, 1.54) is 0 Å². The average molecular weight is 406 g/mol. The molecule has 0 amide bonds. The number of alkyl halides is 1. The van der Waals surface area contributed by atoms with E-state index in [4.69, 9.17) is 19.3 Å². The van der Waals surface area contributed by atoms with Crippen LogP contribution >= 0.6 is 0 Å². The summed E-state index contributed by atoms with van der Waals surface area (Å²) in [6.45, 7) is 0.657. The molecule has 11 nitrogen and oxygen atoms in total. The van der Waals surface area contributed by atoms with E-state index >= 15 is 0 Å². The van der Waals surface area contributed by atoms with Crippen molar-refractivity contribution < 1.29 is 39.0 Å². The predicted molar refractivity (Wildman–Crippen MR) is 89.3 cm³/mol. The Hall–Kier alpha value is -1.67. The van der Waals surface area contributed by atoms with Gasteiger partial charge in [0.05, 0.1) is 18.8 Å². The zero-order chi connectivity index (χ0) is 20.6. The summed E-state index contributed by atoms with van der Waals surface area (Å²) in [4.78, 5) is 26.5. The molecule has 0 saturated carbocycles. The molecule has 0 bridgehead atoms. The van der Waals surface area contributed by atoms with Crippen molar-refractivity contribution in [3.63, 3.8) is 0 Å². The minimum Gasteiger partial charge on any atom is -0.394 e. The Balaban J connectivity index is 2.00. The van der Waals surface area contributed by atoms with Crippen LogP contribution in [0.15, 0.2) is 15.8 Å². The third kappa shape index (κ3) is 3.52. The van der Waals surface area contributed by atoms with Crippen molar-refractivity contribution in [2.75, 3.05) is 19.8 Å². The van der Waals surface area contributed by atoms with Gasteiger partial charge in [0.25, 0.3) is 5.56 Å². The molecule has 1 aromatic rings. The van der Waals surface area contributed by atoms with Gasteiger partial charge in [-0.25, -0.2) is 9.18 Å². The summed E-state index contributed by atoms with van der Waals surface area (Å²) < 4.78 is 31.3. The minimum absolute atomic E-state index is 0.147. The molecule has 158 valence electrons. The Morgan fingerprint density at radius 3 is 2.39 bits per heavy atom. The summed E-state index contributed by atoms with van der Waals surface area (Å²) in [6.07, 6.45) is -9.88. The third-order valence-electron chi connectivity index (χ3n) is 4.93. The number of aliphatic hydroxyl groups excluding tert-OH is 4. The number of nitrogens with zero attached hydrogens (tertiary/aromatic N) is 1. The second-order valence-electron chi connectivity index (χ2n) is 6.62. The van der Waals surface area contributed by atoms with Crippen molar-refractivity contribution in [1.29, 1.82) is 0 Å². The second kappa shape index (κ2) is 8.37. The van der Waals surface area contributed by atoms with Gasteiger partial charge in [-0.2, -0.15) is 0 Å². The Morgan fingerprint density at radius 2 is 1.82 bits per heavy atom. The molecule has 2 unspecified atom stereocenters. The molecular formula is C16H23FN2O9. The fourth-order valence-corrected chi connectivity index (χ4v) is 3.49. The van der Waals surface area contributed by atoms with Crippen LogP contribution in [0.25, 0.3) is 0 Å². The Labute approximate surface area is 157 Å².